The number of tetrazole rings is 1. The zero-order valence-corrected chi connectivity index (χ0v) is 20.5. The largest absolute Gasteiger partial charge is 0.508 e. The number of anilines is 1. The number of nitro benzene ring substituents is 1. The highest BCUT2D eigenvalue weighted by atomic mass is 16.7. The first-order chi connectivity index (χ1) is 17.1. The van der Waals surface area contributed by atoms with E-state index in [1.54, 1.807) is 33.0 Å². The number of nitrogens with zero attached hydrogens (tertiary/aromatic N) is 6. The van der Waals surface area contributed by atoms with Gasteiger partial charge in [0.25, 0.3) is 5.69 Å². The minimum absolute atomic E-state index is 0.0704. The van der Waals surface area contributed by atoms with Gasteiger partial charge in [-0.1, -0.05) is 0 Å². The van der Waals surface area contributed by atoms with E-state index < -0.39 is 29.0 Å². The Morgan fingerprint density at radius 2 is 2.00 bits per heavy atom. The summed E-state index contributed by atoms with van der Waals surface area (Å²) in [6.07, 6.45) is -2.28. The van der Waals surface area contributed by atoms with Crippen molar-refractivity contribution >= 4 is 11.4 Å². The highest BCUT2D eigenvalue weighted by Gasteiger charge is 2.54. The number of ether oxygens (including phenoxy) is 3. The number of aliphatic hydroxyl groups is 1. The summed E-state index contributed by atoms with van der Waals surface area (Å²) >= 11 is 0. The summed E-state index contributed by atoms with van der Waals surface area (Å²) in [6.45, 7) is 3.54. The van der Waals surface area contributed by atoms with Crippen LogP contribution in [-0.2, 0) is 23.1 Å². The van der Waals surface area contributed by atoms with Gasteiger partial charge in [0, 0.05) is 37.6 Å². The molecule has 1 aromatic heterocycles. The monoisotopic (exact) mass is 500 g/mol. The summed E-state index contributed by atoms with van der Waals surface area (Å²) in [5.74, 6) is 0.750. The van der Waals surface area contributed by atoms with Crippen molar-refractivity contribution in [3.63, 3.8) is 0 Å². The van der Waals surface area contributed by atoms with Crippen molar-refractivity contribution in [3.05, 3.63) is 63.5 Å². The fourth-order valence-corrected chi connectivity index (χ4v) is 4.68. The Bertz CT molecular complexity index is 1260. The third kappa shape index (κ3) is 4.43. The summed E-state index contributed by atoms with van der Waals surface area (Å²) in [6, 6.07) is 8.12. The van der Waals surface area contributed by atoms with Gasteiger partial charge in [-0.15, -0.1) is 10.2 Å². The lowest BCUT2D eigenvalue weighted by Crippen LogP contribution is -2.62. The van der Waals surface area contributed by atoms with E-state index >= 15 is 0 Å². The smallest absolute Gasteiger partial charge is 0.270 e. The van der Waals surface area contributed by atoms with Crippen LogP contribution in [0.25, 0.3) is 0 Å². The Balaban J connectivity index is 1.96. The second-order valence-electron chi connectivity index (χ2n) is 8.75. The zero-order valence-electron chi connectivity index (χ0n) is 20.5. The zero-order chi connectivity index (χ0) is 26.2. The SMILES string of the molecule is COC(OC)[C@@]1(C)Oc2ccc([N+](=O)[O-])cc2[C@H](N(Cc2nnn(C)n2)c2ccc(O)cc2C)[C@H]1O. The average Bonchev–Trinajstić information content (AvgIpc) is 3.24. The van der Waals surface area contributed by atoms with Gasteiger partial charge in [-0.05, 0) is 48.9 Å². The molecule has 2 heterocycles. The maximum atomic E-state index is 11.8. The number of aromatic hydroxyl groups is 1. The van der Waals surface area contributed by atoms with Crippen molar-refractivity contribution in [1.29, 1.82) is 0 Å². The Morgan fingerprint density at radius 1 is 1.28 bits per heavy atom. The van der Waals surface area contributed by atoms with E-state index in [0.29, 0.717) is 28.4 Å². The molecular formula is C23H28N6O7. The van der Waals surface area contributed by atoms with Gasteiger partial charge in [-0.2, -0.15) is 4.80 Å². The van der Waals surface area contributed by atoms with Gasteiger partial charge in [-0.3, -0.25) is 10.1 Å². The number of aryl methyl sites for hydroxylation is 2. The first-order valence-electron chi connectivity index (χ1n) is 11.1. The van der Waals surface area contributed by atoms with Gasteiger partial charge >= 0.3 is 0 Å². The lowest BCUT2D eigenvalue weighted by molar-refractivity contribution is -0.385. The molecule has 0 radical (unpaired) electrons. The fraction of sp³-hybridized carbons (Fsp3) is 0.435. The molecule has 13 nitrogen and oxygen atoms in total. The van der Waals surface area contributed by atoms with Crippen LogP contribution in [-0.4, -0.2) is 67.6 Å². The first kappa shape index (κ1) is 25.3. The van der Waals surface area contributed by atoms with Crippen LogP contribution < -0.4 is 9.64 Å². The summed E-state index contributed by atoms with van der Waals surface area (Å²) in [5.41, 5.74) is 0.152. The molecule has 2 aromatic carbocycles. The van der Waals surface area contributed by atoms with Gasteiger partial charge < -0.3 is 29.3 Å². The third-order valence-corrected chi connectivity index (χ3v) is 6.32. The number of benzene rings is 2. The number of rotatable bonds is 8. The number of fused-ring (bicyclic) bond motifs is 1. The van der Waals surface area contributed by atoms with Crippen LogP contribution in [0.2, 0.25) is 0 Å². The topological polar surface area (TPSA) is 158 Å². The van der Waals surface area contributed by atoms with Gasteiger partial charge in [0.1, 0.15) is 17.6 Å². The van der Waals surface area contributed by atoms with Gasteiger partial charge in [0.2, 0.25) is 0 Å². The summed E-state index contributed by atoms with van der Waals surface area (Å²) in [7, 11) is 4.50. The lowest BCUT2D eigenvalue weighted by atomic mass is 9.83. The number of methoxy groups -OCH3 is 2. The van der Waals surface area contributed by atoms with Crippen LogP contribution >= 0.6 is 0 Å². The molecule has 3 atom stereocenters. The molecule has 0 fully saturated rings. The molecule has 1 aliphatic rings. The molecule has 3 aromatic rings. The number of aliphatic hydroxyl groups excluding tert-OH is 1. The molecule has 2 N–H and O–H groups in total. The molecule has 0 unspecified atom stereocenters. The quantitative estimate of drug-likeness (QED) is 0.265. The second kappa shape index (κ2) is 9.68. The Hall–Kier alpha value is -3.81. The molecule has 36 heavy (non-hydrogen) atoms. The molecule has 0 amide bonds. The predicted octanol–water partition coefficient (Wildman–Crippen LogP) is 2.01. The van der Waals surface area contributed by atoms with E-state index in [9.17, 15) is 20.3 Å². The Labute approximate surface area is 207 Å². The minimum Gasteiger partial charge on any atom is -0.508 e. The molecule has 0 saturated heterocycles. The van der Waals surface area contributed by atoms with Crippen LogP contribution in [0.1, 0.15) is 29.9 Å². The summed E-state index contributed by atoms with van der Waals surface area (Å²) in [4.78, 5) is 14.2. The number of aromatic nitrogens is 4. The van der Waals surface area contributed by atoms with Crippen LogP contribution in [0.3, 0.4) is 0 Å². The van der Waals surface area contributed by atoms with Gasteiger partial charge in [-0.25, -0.2) is 0 Å². The predicted molar refractivity (Wildman–Crippen MR) is 127 cm³/mol. The molecule has 0 aliphatic carbocycles. The number of nitro groups is 1. The Morgan fingerprint density at radius 3 is 2.58 bits per heavy atom. The van der Waals surface area contributed by atoms with E-state index in [4.69, 9.17) is 14.2 Å². The maximum absolute atomic E-state index is 11.8. The van der Waals surface area contributed by atoms with Crippen LogP contribution in [0.15, 0.2) is 36.4 Å². The van der Waals surface area contributed by atoms with Crippen molar-refractivity contribution in [2.24, 2.45) is 7.05 Å². The normalized spacial score (nSPS) is 21.2. The molecule has 192 valence electrons. The summed E-state index contributed by atoms with van der Waals surface area (Å²) < 4.78 is 17.2. The Kier molecular flexibility index (Phi) is 6.80. The van der Waals surface area contributed by atoms with Gasteiger partial charge in [0.15, 0.2) is 17.7 Å². The lowest BCUT2D eigenvalue weighted by Gasteiger charge is -2.50. The standard InChI is InChI=1S/C23H28N6O7/c1-13-10-15(30)7-8-17(13)28(12-19-24-26-27(3)25-19)20-16-11-14(29(32)33)6-9-18(16)36-23(2,21(20)31)22(34-4)35-5/h6-11,20-22,30-31H,12H2,1-5H3/t20-,21+,23-/m0/s1. The number of non-ortho nitro benzene ring substituents is 1. The van der Waals surface area contributed by atoms with Crippen molar-refractivity contribution in [2.75, 3.05) is 19.1 Å². The highest BCUT2D eigenvalue weighted by Crippen LogP contribution is 2.48. The molecule has 4 rings (SSSR count). The van der Waals surface area contributed by atoms with Crippen LogP contribution in [0, 0.1) is 17.0 Å². The highest BCUT2D eigenvalue weighted by molar-refractivity contribution is 5.60. The van der Waals surface area contributed by atoms with Crippen molar-refractivity contribution in [3.8, 4) is 11.5 Å². The summed E-state index contributed by atoms with van der Waals surface area (Å²) in [5, 5.41) is 45.8. The molecule has 0 bridgehead atoms. The van der Waals surface area contributed by atoms with E-state index in [2.05, 4.69) is 15.4 Å². The molecule has 13 heteroatoms. The van der Waals surface area contributed by atoms with Gasteiger partial charge in [0.05, 0.1) is 24.6 Å². The van der Waals surface area contributed by atoms with Crippen LogP contribution in [0.4, 0.5) is 11.4 Å². The molecular weight excluding hydrogens is 472 g/mol. The number of hydrogen-bond acceptors (Lipinski definition) is 11. The number of phenolic OH excluding ortho intramolecular Hbond substituents is 1. The average molecular weight is 501 g/mol. The maximum Gasteiger partial charge on any atom is 0.270 e. The minimum atomic E-state index is -1.41. The van der Waals surface area contributed by atoms with E-state index in [1.165, 1.54) is 43.3 Å². The fourth-order valence-electron chi connectivity index (χ4n) is 4.68. The first-order valence-corrected chi connectivity index (χ1v) is 11.1. The second-order valence-corrected chi connectivity index (χ2v) is 8.75. The number of hydrogen-bond donors (Lipinski definition) is 2. The van der Waals surface area contributed by atoms with Crippen molar-refractivity contribution in [1.82, 2.24) is 20.2 Å². The van der Waals surface area contributed by atoms with Crippen molar-refractivity contribution < 1.29 is 29.3 Å². The van der Waals surface area contributed by atoms with E-state index in [0.717, 1.165) is 0 Å². The van der Waals surface area contributed by atoms with Crippen molar-refractivity contribution in [2.45, 2.75) is 44.4 Å². The molecule has 1 aliphatic heterocycles. The van der Waals surface area contributed by atoms with E-state index in [1.807, 2.05) is 4.90 Å². The third-order valence-electron chi connectivity index (χ3n) is 6.32. The molecule has 0 saturated carbocycles. The van der Waals surface area contributed by atoms with Crippen LogP contribution in [0.5, 0.6) is 11.5 Å². The number of phenols is 1. The molecule has 0 spiro atoms. The van der Waals surface area contributed by atoms with E-state index in [-0.39, 0.29) is 18.0 Å².